The molecule has 5 heteroatoms. The van der Waals surface area contributed by atoms with E-state index in [2.05, 4.69) is 22.6 Å². The molecule has 3 rings (SSSR count). The number of fused-ring (bicyclic) bond motifs is 1. The van der Waals surface area contributed by atoms with Crippen molar-refractivity contribution >= 4 is 45.8 Å². The van der Waals surface area contributed by atoms with Crippen molar-refractivity contribution in [3.05, 3.63) is 56.6 Å². The van der Waals surface area contributed by atoms with Crippen LogP contribution in [0.15, 0.2) is 42.5 Å². The number of nitrogens with zero attached hydrogens (tertiary/aromatic N) is 1. The van der Waals surface area contributed by atoms with E-state index in [9.17, 15) is 4.79 Å². The number of rotatable bonds is 2. The second-order valence-electron chi connectivity index (χ2n) is 4.92. The zero-order valence-corrected chi connectivity index (χ0v) is 14.3. The maximum atomic E-state index is 12.4. The van der Waals surface area contributed by atoms with Gasteiger partial charge in [0.15, 0.2) is 6.10 Å². The molecular weight excluding hydrogens is 401 g/mol. The Morgan fingerprint density at radius 1 is 1.24 bits per heavy atom. The Morgan fingerprint density at radius 2 is 1.95 bits per heavy atom. The zero-order valence-electron chi connectivity index (χ0n) is 11.3. The Hall–Kier alpha value is -1.27. The molecule has 0 aliphatic carbocycles. The van der Waals surface area contributed by atoms with E-state index in [-0.39, 0.29) is 5.91 Å². The van der Waals surface area contributed by atoms with E-state index in [0.717, 1.165) is 20.6 Å². The second kappa shape index (κ2) is 5.85. The molecule has 1 amide bonds. The van der Waals surface area contributed by atoms with E-state index in [0.29, 0.717) is 11.6 Å². The Balaban J connectivity index is 1.96. The highest BCUT2D eigenvalue weighted by Crippen LogP contribution is 2.36. The molecule has 0 saturated carbocycles. The van der Waals surface area contributed by atoms with Crippen LogP contribution < -0.4 is 9.64 Å². The molecule has 1 aliphatic rings. The van der Waals surface area contributed by atoms with E-state index in [1.165, 1.54) is 0 Å². The summed E-state index contributed by atoms with van der Waals surface area (Å²) in [6.45, 7) is 2.29. The largest absolute Gasteiger partial charge is 0.479 e. The molecule has 108 valence electrons. The van der Waals surface area contributed by atoms with Crippen LogP contribution in [0.3, 0.4) is 0 Å². The van der Waals surface area contributed by atoms with Gasteiger partial charge in [-0.2, -0.15) is 0 Å². The van der Waals surface area contributed by atoms with Gasteiger partial charge in [-0.1, -0.05) is 23.7 Å². The molecule has 21 heavy (non-hydrogen) atoms. The van der Waals surface area contributed by atoms with Crippen LogP contribution in [0, 0.1) is 3.57 Å². The van der Waals surface area contributed by atoms with Crippen LogP contribution in [0.25, 0.3) is 0 Å². The standard InChI is InChI=1S/C16H13ClINO2/c1-10-16(20)19(9-11-2-4-12(17)5-3-11)14-7-6-13(18)8-15(14)21-10/h2-8,10H,9H2,1H3. The number of carbonyl (C=O) groups is 1. The number of hydrogen-bond donors (Lipinski definition) is 0. The average Bonchev–Trinajstić information content (AvgIpc) is 2.46. The van der Waals surface area contributed by atoms with Crippen LogP contribution in [0.1, 0.15) is 12.5 Å². The fraction of sp³-hybridized carbons (Fsp3) is 0.188. The summed E-state index contributed by atoms with van der Waals surface area (Å²) in [7, 11) is 0. The molecule has 0 aromatic heterocycles. The molecule has 1 unspecified atom stereocenters. The van der Waals surface area contributed by atoms with Gasteiger partial charge in [-0.05, 0) is 65.4 Å². The van der Waals surface area contributed by atoms with Crippen molar-refractivity contribution in [1.29, 1.82) is 0 Å². The maximum Gasteiger partial charge on any atom is 0.268 e. The maximum absolute atomic E-state index is 12.4. The average molecular weight is 414 g/mol. The molecule has 0 spiro atoms. The normalized spacial score (nSPS) is 17.4. The van der Waals surface area contributed by atoms with Gasteiger partial charge in [0, 0.05) is 8.59 Å². The molecule has 1 atom stereocenters. The minimum absolute atomic E-state index is 0.0290. The van der Waals surface area contributed by atoms with Crippen molar-refractivity contribution in [1.82, 2.24) is 0 Å². The molecular formula is C16H13ClINO2. The van der Waals surface area contributed by atoms with Crippen LogP contribution in [0.5, 0.6) is 5.75 Å². The fourth-order valence-corrected chi connectivity index (χ4v) is 2.91. The summed E-state index contributed by atoms with van der Waals surface area (Å²) < 4.78 is 6.78. The highest BCUT2D eigenvalue weighted by atomic mass is 127. The number of halogens is 2. The lowest BCUT2D eigenvalue weighted by Gasteiger charge is -2.33. The van der Waals surface area contributed by atoms with Gasteiger partial charge in [0.05, 0.1) is 12.2 Å². The summed E-state index contributed by atoms with van der Waals surface area (Å²) in [5.41, 5.74) is 1.85. The van der Waals surface area contributed by atoms with Crippen molar-refractivity contribution in [2.45, 2.75) is 19.6 Å². The third-order valence-electron chi connectivity index (χ3n) is 3.38. The first-order valence-electron chi connectivity index (χ1n) is 6.56. The summed E-state index contributed by atoms with van der Waals surface area (Å²) in [6, 6.07) is 13.4. The van der Waals surface area contributed by atoms with Crippen molar-refractivity contribution in [2.24, 2.45) is 0 Å². The van der Waals surface area contributed by atoms with Crippen molar-refractivity contribution in [2.75, 3.05) is 4.90 Å². The Labute approximate surface area is 142 Å². The van der Waals surface area contributed by atoms with Crippen LogP contribution in [-0.4, -0.2) is 12.0 Å². The van der Waals surface area contributed by atoms with Crippen molar-refractivity contribution in [3.8, 4) is 5.75 Å². The van der Waals surface area contributed by atoms with Gasteiger partial charge in [-0.15, -0.1) is 0 Å². The lowest BCUT2D eigenvalue weighted by molar-refractivity contribution is -0.125. The third kappa shape index (κ3) is 3.01. The summed E-state index contributed by atoms with van der Waals surface area (Å²) in [5.74, 6) is 0.724. The summed E-state index contributed by atoms with van der Waals surface area (Å²) >= 11 is 8.14. The molecule has 2 aromatic carbocycles. The Bertz CT molecular complexity index is 687. The van der Waals surface area contributed by atoms with E-state index < -0.39 is 6.10 Å². The molecule has 1 aliphatic heterocycles. The van der Waals surface area contributed by atoms with Crippen LogP contribution in [-0.2, 0) is 11.3 Å². The first-order valence-corrected chi connectivity index (χ1v) is 8.02. The molecule has 2 aromatic rings. The molecule has 0 radical (unpaired) electrons. The molecule has 0 saturated heterocycles. The predicted octanol–water partition coefficient (Wildman–Crippen LogP) is 4.26. The SMILES string of the molecule is CC1Oc2cc(I)ccc2N(Cc2ccc(Cl)cc2)C1=O. The van der Waals surface area contributed by atoms with Crippen molar-refractivity contribution in [3.63, 3.8) is 0 Å². The molecule has 0 N–H and O–H groups in total. The minimum Gasteiger partial charge on any atom is -0.479 e. The van der Waals surface area contributed by atoms with E-state index in [4.69, 9.17) is 16.3 Å². The molecule has 3 nitrogen and oxygen atoms in total. The van der Waals surface area contributed by atoms with Gasteiger partial charge in [0.2, 0.25) is 0 Å². The summed E-state index contributed by atoms with van der Waals surface area (Å²) in [5, 5.41) is 0.690. The monoisotopic (exact) mass is 413 g/mol. The molecule has 0 bridgehead atoms. The second-order valence-corrected chi connectivity index (χ2v) is 6.61. The van der Waals surface area contributed by atoms with Gasteiger partial charge in [-0.3, -0.25) is 4.79 Å². The summed E-state index contributed by atoms with van der Waals surface area (Å²) in [6.07, 6.45) is -0.469. The van der Waals surface area contributed by atoms with Crippen LogP contribution in [0.4, 0.5) is 5.69 Å². The predicted molar refractivity (Wildman–Crippen MR) is 91.9 cm³/mol. The van der Waals surface area contributed by atoms with E-state index in [1.807, 2.05) is 42.5 Å². The smallest absolute Gasteiger partial charge is 0.268 e. The Morgan fingerprint density at radius 3 is 2.67 bits per heavy atom. The number of ether oxygens (including phenoxy) is 1. The third-order valence-corrected chi connectivity index (χ3v) is 4.31. The first-order chi connectivity index (χ1) is 10.0. The van der Waals surface area contributed by atoms with Gasteiger partial charge in [0.25, 0.3) is 5.91 Å². The molecule has 1 heterocycles. The van der Waals surface area contributed by atoms with Gasteiger partial charge in [0.1, 0.15) is 5.75 Å². The number of hydrogen-bond acceptors (Lipinski definition) is 2. The van der Waals surface area contributed by atoms with Crippen molar-refractivity contribution < 1.29 is 9.53 Å². The van der Waals surface area contributed by atoms with E-state index in [1.54, 1.807) is 11.8 Å². The number of anilines is 1. The molecule has 0 fully saturated rings. The van der Waals surface area contributed by atoms with Gasteiger partial charge < -0.3 is 9.64 Å². The summed E-state index contributed by atoms with van der Waals surface area (Å²) in [4.78, 5) is 14.2. The quantitative estimate of drug-likeness (QED) is 0.689. The van der Waals surface area contributed by atoms with Crippen LogP contribution >= 0.6 is 34.2 Å². The lowest BCUT2D eigenvalue weighted by atomic mass is 10.1. The lowest BCUT2D eigenvalue weighted by Crippen LogP contribution is -2.44. The number of amides is 1. The zero-order chi connectivity index (χ0) is 15.0. The highest BCUT2D eigenvalue weighted by Gasteiger charge is 2.31. The number of carbonyl (C=O) groups excluding carboxylic acids is 1. The highest BCUT2D eigenvalue weighted by molar-refractivity contribution is 14.1. The Kier molecular flexibility index (Phi) is 4.08. The van der Waals surface area contributed by atoms with E-state index >= 15 is 0 Å². The first kappa shape index (κ1) is 14.7. The minimum atomic E-state index is -0.469. The topological polar surface area (TPSA) is 29.5 Å². The van der Waals surface area contributed by atoms with Gasteiger partial charge in [-0.25, -0.2) is 0 Å². The van der Waals surface area contributed by atoms with Gasteiger partial charge >= 0.3 is 0 Å². The fourth-order valence-electron chi connectivity index (χ4n) is 2.32. The number of benzene rings is 2. The van der Waals surface area contributed by atoms with Crippen LogP contribution in [0.2, 0.25) is 5.02 Å².